The zero-order valence-electron chi connectivity index (χ0n) is 7.57. The van der Waals surface area contributed by atoms with E-state index in [4.69, 9.17) is 10.2 Å². The van der Waals surface area contributed by atoms with Crippen molar-refractivity contribution in [1.82, 2.24) is 4.98 Å². The summed E-state index contributed by atoms with van der Waals surface area (Å²) in [5, 5.41) is 2.46. The van der Waals surface area contributed by atoms with Crippen LogP contribution in [0.2, 0.25) is 0 Å². The van der Waals surface area contributed by atoms with Crippen LogP contribution in [0.5, 0.6) is 0 Å². The number of amides is 2. The smallest absolute Gasteiger partial charge is 0.316 e. The summed E-state index contributed by atoms with van der Waals surface area (Å²) in [6, 6.07) is 4.55. The zero-order valence-corrected chi connectivity index (χ0v) is 7.57. The molecule has 14 heavy (non-hydrogen) atoms. The molecule has 1 aromatic heterocycles. The lowest BCUT2D eigenvalue weighted by Crippen LogP contribution is -2.19. The summed E-state index contributed by atoms with van der Waals surface area (Å²) < 4.78 is 5.27. The molecule has 3 N–H and O–H groups in total. The summed E-state index contributed by atoms with van der Waals surface area (Å²) in [7, 11) is 0. The molecule has 0 aliphatic carbocycles. The standard InChI is InChI=1S/C9H9N3O2/c1-5-11-7-4-6(12-9(10)13)2-3-8(7)14-5/h2-4H,1H3,(H3,10,12,13). The zero-order chi connectivity index (χ0) is 10.1. The molecule has 0 saturated heterocycles. The van der Waals surface area contributed by atoms with Crippen molar-refractivity contribution >= 4 is 22.8 Å². The molecule has 5 nitrogen and oxygen atoms in total. The molecule has 1 aromatic carbocycles. The molecule has 0 fully saturated rings. The van der Waals surface area contributed by atoms with E-state index in [1.807, 2.05) is 0 Å². The van der Waals surface area contributed by atoms with E-state index in [0.717, 1.165) is 0 Å². The Labute approximate surface area is 79.9 Å². The van der Waals surface area contributed by atoms with Crippen LogP contribution >= 0.6 is 0 Å². The largest absolute Gasteiger partial charge is 0.441 e. The van der Waals surface area contributed by atoms with Gasteiger partial charge in [0.1, 0.15) is 5.52 Å². The lowest BCUT2D eigenvalue weighted by Gasteiger charge is -1.99. The number of rotatable bonds is 1. The maximum absolute atomic E-state index is 10.6. The Bertz CT molecular complexity index is 490. The average molecular weight is 191 g/mol. The summed E-state index contributed by atoms with van der Waals surface area (Å²) in [4.78, 5) is 14.7. The van der Waals surface area contributed by atoms with Crippen molar-refractivity contribution in [3.63, 3.8) is 0 Å². The number of benzene rings is 1. The van der Waals surface area contributed by atoms with Gasteiger partial charge < -0.3 is 15.5 Å². The Morgan fingerprint density at radius 2 is 2.36 bits per heavy atom. The van der Waals surface area contributed by atoms with Gasteiger partial charge in [0.05, 0.1) is 0 Å². The normalized spacial score (nSPS) is 10.4. The first-order valence-electron chi connectivity index (χ1n) is 4.09. The minimum atomic E-state index is -0.593. The third-order valence-electron chi connectivity index (χ3n) is 1.76. The minimum absolute atomic E-state index is 0.593. The van der Waals surface area contributed by atoms with Gasteiger partial charge in [0, 0.05) is 12.6 Å². The second kappa shape index (κ2) is 3.02. The predicted octanol–water partition coefficient (Wildman–Crippen LogP) is 1.63. The van der Waals surface area contributed by atoms with Crippen molar-refractivity contribution < 1.29 is 9.21 Å². The van der Waals surface area contributed by atoms with Gasteiger partial charge in [0.15, 0.2) is 11.5 Å². The maximum atomic E-state index is 10.6. The van der Waals surface area contributed by atoms with Gasteiger partial charge in [-0.3, -0.25) is 0 Å². The van der Waals surface area contributed by atoms with Crippen LogP contribution in [0.1, 0.15) is 5.89 Å². The number of oxazole rings is 1. The minimum Gasteiger partial charge on any atom is -0.441 e. The van der Waals surface area contributed by atoms with E-state index in [1.54, 1.807) is 25.1 Å². The Morgan fingerprint density at radius 3 is 3.07 bits per heavy atom. The van der Waals surface area contributed by atoms with Crippen molar-refractivity contribution in [2.75, 3.05) is 5.32 Å². The highest BCUT2D eigenvalue weighted by atomic mass is 16.3. The van der Waals surface area contributed by atoms with Crippen LogP contribution in [-0.4, -0.2) is 11.0 Å². The van der Waals surface area contributed by atoms with Crippen molar-refractivity contribution in [1.29, 1.82) is 0 Å². The summed E-state index contributed by atoms with van der Waals surface area (Å²) >= 11 is 0. The van der Waals surface area contributed by atoms with Crippen LogP contribution in [-0.2, 0) is 0 Å². The van der Waals surface area contributed by atoms with Crippen LogP contribution in [0.15, 0.2) is 22.6 Å². The quantitative estimate of drug-likeness (QED) is 0.718. The summed E-state index contributed by atoms with van der Waals surface area (Å²) in [6.07, 6.45) is 0. The maximum Gasteiger partial charge on any atom is 0.316 e. The highest BCUT2D eigenvalue weighted by molar-refractivity contribution is 5.90. The van der Waals surface area contributed by atoms with Crippen molar-refractivity contribution in [2.45, 2.75) is 6.92 Å². The number of fused-ring (bicyclic) bond motifs is 1. The number of hydrogen-bond donors (Lipinski definition) is 2. The monoisotopic (exact) mass is 191 g/mol. The number of primary amides is 1. The highest BCUT2D eigenvalue weighted by Gasteiger charge is 2.03. The Balaban J connectivity index is 2.45. The fraction of sp³-hybridized carbons (Fsp3) is 0.111. The van der Waals surface area contributed by atoms with Crippen molar-refractivity contribution in [2.24, 2.45) is 5.73 Å². The fourth-order valence-corrected chi connectivity index (χ4v) is 1.26. The van der Waals surface area contributed by atoms with E-state index in [1.165, 1.54) is 0 Å². The van der Waals surface area contributed by atoms with Crippen molar-refractivity contribution in [3.05, 3.63) is 24.1 Å². The number of carbonyl (C=O) groups excluding carboxylic acids is 1. The van der Waals surface area contributed by atoms with Gasteiger partial charge in [-0.1, -0.05) is 0 Å². The second-order valence-corrected chi connectivity index (χ2v) is 2.90. The summed E-state index contributed by atoms with van der Waals surface area (Å²) in [5.41, 5.74) is 6.98. The fourth-order valence-electron chi connectivity index (χ4n) is 1.26. The Hall–Kier alpha value is -2.04. The van der Waals surface area contributed by atoms with E-state index in [0.29, 0.717) is 22.7 Å². The molecule has 0 unspecified atom stereocenters. The molecule has 0 aliphatic heterocycles. The Morgan fingerprint density at radius 1 is 1.57 bits per heavy atom. The molecule has 2 rings (SSSR count). The van der Waals surface area contributed by atoms with Gasteiger partial charge >= 0.3 is 6.03 Å². The molecule has 2 aromatic rings. The van der Waals surface area contributed by atoms with E-state index < -0.39 is 6.03 Å². The third-order valence-corrected chi connectivity index (χ3v) is 1.76. The first-order valence-corrected chi connectivity index (χ1v) is 4.09. The number of carbonyl (C=O) groups is 1. The highest BCUT2D eigenvalue weighted by Crippen LogP contribution is 2.19. The van der Waals surface area contributed by atoms with Gasteiger partial charge in [0.2, 0.25) is 0 Å². The molecule has 2 amide bonds. The Kier molecular flexibility index (Phi) is 1.85. The number of nitrogens with one attached hydrogen (secondary N) is 1. The topological polar surface area (TPSA) is 81.1 Å². The lowest BCUT2D eigenvalue weighted by atomic mass is 10.3. The number of nitrogens with two attached hydrogens (primary N) is 1. The van der Waals surface area contributed by atoms with Crippen molar-refractivity contribution in [3.8, 4) is 0 Å². The first-order chi connectivity index (χ1) is 6.65. The molecular formula is C9H9N3O2. The molecule has 5 heteroatoms. The third kappa shape index (κ3) is 1.52. The number of nitrogens with zero attached hydrogens (tertiary/aromatic N) is 1. The summed E-state index contributed by atoms with van der Waals surface area (Å²) in [5.74, 6) is 0.594. The van der Waals surface area contributed by atoms with Crippen LogP contribution in [0.3, 0.4) is 0 Å². The number of anilines is 1. The molecule has 72 valence electrons. The molecule has 1 heterocycles. The molecule has 0 atom stereocenters. The average Bonchev–Trinajstić information content (AvgIpc) is 2.42. The van der Waals surface area contributed by atoms with E-state index >= 15 is 0 Å². The summed E-state index contributed by atoms with van der Waals surface area (Å²) in [6.45, 7) is 1.77. The molecule has 0 aliphatic rings. The van der Waals surface area contributed by atoms with E-state index in [2.05, 4.69) is 10.3 Å². The van der Waals surface area contributed by atoms with Gasteiger partial charge in [-0.2, -0.15) is 0 Å². The van der Waals surface area contributed by atoms with Crippen LogP contribution in [0.25, 0.3) is 11.1 Å². The molecule has 0 bridgehead atoms. The van der Waals surface area contributed by atoms with E-state index in [9.17, 15) is 4.79 Å². The van der Waals surface area contributed by atoms with Gasteiger partial charge in [0.25, 0.3) is 0 Å². The molecular weight excluding hydrogens is 182 g/mol. The molecule has 0 radical (unpaired) electrons. The van der Waals surface area contributed by atoms with Crippen LogP contribution in [0.4, 0.5) is 10.5 Å². The number of hydrogen-bond acceptors (Lipinski definition) is 3. The SMILES string of the molecule is Cc1nc2cc(NC(N)=O)ccc2o1. The first kappa shape index (κ1) is 8.55. The van der Waals surface area contributed by atoms with Gasteiger partial charge in [-0.05, 0) is 18.2 Å². The second-order valence-electron chi connectivity index (χ2n) is 2.90. The lowest BCUT2D eigenvalue weighted by molar-refractivity contribution is 0.259. The molecule has 0 spiro atoms. The van der Waals surface area contributed by atoms with Crippen LogP contribution < -0.4 is 11.1 Å². The van der Waals surface area contributed by atoms with Gasteiger partial charge in [-0.15, -0.1) is 0 Å². The number of aryl methyl sites for hydroxylation is 1. The molecule has 0 saturated carbocycles. The predicted molar refractivity (Wildman–Crippen MR) is 52.0 cm³/mol. The number of urea groups is 1. The van der Waals surface area contributed by atoms with Crippen LogP contribution in [0, 0.1) is 6.92 Å². The number of aromatic nitrogens is 1. The van der Waals surface area contributed by atoms with E-state index in [-0.39, 0.29) is 0 Å². The van der Waals surface area contributed by atoms with Gasteiger partial charge in [-0.25, -0.2) is 9.78 Å².